The first kappa shape index (κ1) is 11.9. The van der Waals surface area contributed by atoms with Crippen LogP contribution >= 0.6 is 0 Å². The highest BCUT2D eigenvalue weighted by atomic mass is 32.2. The molecule has 0 fully saturated rings. The summed E-state index contributed by atoms with van der Waals surface area (Å²) in [6.45, 7) is 1.94. The molecule has 4 N–H and O–H groups in total. The van der Waals surface area contributed by atoms with Crippen LogP contribution < -0.4 is 16.6 Å². The molecule has 0 aromatic carbocycles. The average molecular weight is 229 g/mol. The van der Waals surface area contributed by atoms with Crippen LogP contribution in [0.5, 0.6) is 0 Å². The fourth-order valence-corrected chi connectivity index (χ4v) is 1.95. The van der Waals surface area contributed by atoms with E-state index in [0.717, 1.165) is 0 Å². The van der Waals surface area contributed by atoms with E-state index in [4.69, 9.17) is 5.84 Å². The Kier molecular flexibility index (Phi) is 4.44. The van der Waals surface area contributed by atoms with Gasteiger partial charge in [0.1, 0.15) is 18.0 Å². The smallest absolute Gasteiger partial charge is 0.145 e. The molecule has 6 nitrogen and oxygen atoms in total. The van der Waals surface area contributed by atoms with Crippen molar-refractivity contribution in [3.63, 3.8) is 0 Å². The number of nitrogen functional groups attached to an aromatic ring is 1. The molecule has 2 atom stereocenters. The van der Waals surface area contributed by atoms with Gasteiger partial charge in [-0.05, 0) is 6.92 Å². The first-order valence-corrected chi connectivity index (χ1v) is 6.19. The van der Waals surface area contributed by atoms with Crippen LogP contribution in [0.2, 0.25) is 0 Å². The van der Waals surface area contributed by atoms with Gasteiger partial charge in [0, 0.05) is 34.9 Å². The Hall–Kier alpha value is -1.21. The van der Waals surface area contributed by atoms with Gasteiger partial charge in [0.2, 0.25) is 0 Å². The van der Waals surface area contributed by atoms with Crippen LogP contribution in [-0.2, 0) is 10.8 Å². The summed E-state index contributed by atoms with van der Waals surface area (Å²) >= 11 is 0. The van der Waals surface area contributed by atoms with Gasteiger partial charge in [-0.3, -0.25) is 4.21 Å². The fraction of sp³-hybridized carbons (Fsp3) is 0.500. The summed E-state index contributed by atoms with van der Waals surface area (Å²) in [5, 5.41) is 3.11. The van der Waals surface area contributed by atoms with Gasteiger partial charge in [0.15, 0.2) is 0 Å². The monoisotopic (exact) mass is 229 g/mol. The summed E-state index contributed by atoms with van der Waals surface area (Å²) in [7, 11) is -0.823. The van der Waals surface area contributed by atoms with Crippen molar-refractivity contribution in [3.05, 3.63) is 12.4 Å². The van der Waals surface area contributed by atoms with Gasteiger partial charge in [-0.2, -0.15) is 0 Å². The van der Waals surface area contributed by atoms with E-state index in [1.807, 2.05) is 6.92 Å². The molecule has 0 saturated carbocycles. The Labute approximate surface area is 91.1 Å². The van der Waals surface area contributed by atoms with Crippen molar-refractivity contribution in [1.29, 1.82) is 0 Å². The second-order valence-corrected chi connectivity index (χ2v) is 4.70. The van der Waals surface area contributed by atoms with Gasteiger partial charge in [-0.1, -0.05) is 0 Å². The number of nitrogens with two attached hydrogens (primary N) is 1. The molecule has 1 aromatic heterocycles. The lowest BCUT2D eigenvalue weighted by molar-refractivity contribution is 0.683. The van der Waals surface area contributed by atoms with E-state index >= 15 is 0 Å². The van der Waals surface area contributed by atoms with Crippen LogP contribution in [0.4, 0.5) is 11.6 Å². The zero-order valence-electron chi connectivity index (χ0n) is 8.73. The number of nitrogens with zero attached hydrogens (tertiary/aromatic N) is 2. The molecule has 0 radical (unpaired) electrons. The quantitative estimate of drug-likeness (QED) is 0.484. The van der Waals surface area contributed by atoms with Gasteiger partial charge in [0.25, 0.3) is 0 Å². The Balaban J connectivity index is 2.59. The highest BCUT2D eigenvalue weighted by Gasteiger charge is 2.05. The topological polar surface area (TPSA) is 92.9 Å². The number of hydrogen-bond acceptors (Lipinski definition) is 6. The average Bonchev–Trinajstić information content (AvgIpc) is 2.16. The maximum atomic E-state index is 11.0. The van der Waals surface area contributed by atoms with Gasteiger partial charge < -0.3 is 10.7 Å². The third-order valence-corrected chi connectivity index (χ3v) is 2.66. The van der Waals surface area contributed by atoms with Crippen LogP contribution in [-0.4, -0.2) is 32.2 Å². The summed E-state index contributed by atoms with van der Waals surface area (Å²) in [6.07, 6.45) is 3.08. The molecule has 0 amide bonds. The minimum atomic E-state index is -0.823. The molecule has 0 aliphatic rings. The van der Waals surface area contributed by atoms with Crippen molar-refractivity contribution in [2.45, 2.75) is 13.0 Å². The fourth-order valence-electron chi connectivity index (χ4n) is 1.16. The number of hydrazine groups is 1. The molecule has 1 rings (SSSR count). The van der Waals surface area contributed by atoms with Gasteiger partial charge >= 0.3 is 0 Å². The molecule has 0 aliphatic carbocycles. The van der Waals surface area contributed by atoms with Crippen LogP contribution in [0.1, 0.15) is 6.92 Å². The van der Waals surface area contributed by atoms with Crippen molar-refractivity contribution < 1.29 is 4.21 Å². The number of aromatic nitrogens is 2. The molecule has 0 aliphatic heterocycles. The van der Waals surface area contributed by atoms with Crippen molar-refractivity contribution in [2.75, 3.05) is 22.8 Å². The van der Waals surface area contributed by atoms with E-state index in [-0.39, 0.29) is 6.04 Å². The number of hydrogen-bond donors (Lipinski definition) is 3. The molecular formula is C8H15N5OS. The Morgan fingerprint density at radius 2 is 2.20 bits per heavy atom. The van der Waals surface area contributed by atoms with Crippen LogP contribution in [0.15, 0.2) is 12.4 Å². The lowest BCUT2D eigenvalue weighted by atomic mass is 10.4. The van der Waals surface area contributed by atoms with Crippen LogP contribution in [0, 0.1) is 0 Å². The Morgan fingerprint density at radius 1 is 1.53 bits per heavy atom. The summed E-state index contributed by atoms with van der Waals surface area (Å²) in [5.74, 6) is 6.99. The Morgan fingerprint density at radius 3 is 2.80 bits per heavy atom. The van der Waals surface area contributed by atoms with E-state index in [2.05, 4.69) is 20.7 Å². The summed E-state index contributed by atoms with van der Waals surface area (Å²) < 4.78 is 11.0. The maximum Gasteiger partial charge on any atom is 0.145 e. The SMILES string of the molecule is CC(CS(C)=O)Nc1cc(NN)ncn1. The number of anilines is 2. The molecule has 84 valence electrons. The zero-order valence-corrected chi connectivity index (χ0v) is 9.54. The lowest BCUT2D eigenvalue weighted by Crippen LogP contribution is -2.23. The van der Waals surface area contributed by atoms with Gasteiger partial charge in [0.05, 0.1) is 0 Å². The second-order valence-electron chi connectivity index (χ2n) is 3.22. The minimum absolute atomic E-state index is 0.0938. The van der Waals surface area contributed by atoms with Gasteiger partial charge in [-0.15, -0.1) is 0 Å². The molecule has 0 spiro atoms. The summed E-state index contributed by atoms with van der Waals surface area (Å²) in [6, 6.07) is 1.78. The van der Waals surface area contributed by atoms with Crippen molar-refractivity contribution in [1.82, 2.24) is 9.97 Å². The molecule has 0 bridgehead atoms. The lowest BCUT2D eigenvalue weighted by Gasteiger charge is -2.13. The van der Waals surface area contributed by atoms with Crippen molar-refractivity contribution >= 4 is 22.4 Å². The predicted molar refractivity (Wildman–Crippen MR) is 61.9 cm³/mol. The van der Waals surface area contributed by atoms with Crippen LogP contribution in [0.3, 0.4) is 0 Å². The molecule has 1 aromatic rings. The zero-order chi connectivity index (χ0) is 11.3. The van der Waals surface area contributed by atoms with Crippen molar-refractivity contribution in [2.24, 2.45) is 5.84 Å². The van der Waals surface area contributed by atoms with Crippen LogP contribution in [0.25, 0.3) is 0 Å². The normalized spacial score (nSPS) is 14.3. The standard InChI is InChI=1S/C8H15N5OS/c1-6(4-15(2)14)12-7-3-8(13-9)11-5-10-7/h3,5-6H,4,9H2,1-2H3,(H2,10,11,12,13). The van der Waals surface area contributed by atoms with E-state index in [1.54, 1.807) is 12.3 Å². The third-order valence-electron chi connectivity index (χ3n) is 1.69. The largest absolute Gasteiger partial charge is 0.367 e. The molecule has 1 heterocycles. The molecular weight excluding hydrogens is 214 g/mol. The first-order chi connectivity index (χ1) is 7.11. The van der Waals surface area contributed by atoms with Gasteiger partial charge in [-0.25, -0.2) is 15.8 Å². The summed E-state index contributed by atoms with van der Waals surface area (Å²) in [4.78, 5) is 7.90. The minimum Gasteiger partial charge on any atom is -0.367 e. The van der Waals surface area contributed by atoms with E-state index < -0.39 is 10.8 Å². The molecule has 0 saturated heterocycles. The highest BCUT2D eigenvalue weighted by Crippen LogP contribution is 2.08. The highest BCUT2D eigenvalue weighted by molar-refractivity contribution is 7.84. The van der Waals surface area contributed by atoms with Crippen molar-refractivity contribution in [3.8, 4) is 0 Å². The molecule has 15 heavy (non-hydrogen) atoms. The molecule has 7 heteroatoms. The van der Waals surface area contributed by atoms with E-state index in [1.165, 1.54) is 6.33 Å². The maximum absolute atomic E-state index is 11.0. The van der Waals surface area contributed by atoms with E-state index in [0.29, 0.717) is 17.4 Å². The second kappa shape index (κ2) is 5.62. The molecule has 2 unspecified atom stereocenters. The summed E-state index contributed by atoms with van der Waals surface area (Å²) in [5.41, 5.74) is 2.43. The Bertz CT molecular complexity index is 346. The first-order valence-electron chi connectivity index (χ1n) is 4.47. The third kappa shape index (κ3) is 4.22. The predicted octanol–water partition coefficient (Wildman–Crippen LogP) is -0.0589. The number of rotatable bonds is 5. The van der Waals surface area contributed by atoms with E-state index in [9.17, 15) is 4.21 Å². The number of nitrogens with one attached hydrogen (secondary N) is 2.